The SMILES string of the molecule is C[C@H](Oc1ccc(Cl)cc1)[C@@H]1CO1. The Kier molecular flexibility index (Phi) is 2.42. The van der Waals surface area contributed by atoms with Crippen molar-refractivity contribution in [1.82, 2.24) is 0 Å². The van der Waals surface area contributed by atoms with E-state index in [1.807, 2.05) is 31.2 Å². The van der Waals surface area contributed by atoms with Crippen molar-refractivity contribution < 1.29 is 9.47 Å². The van der Waals surface area contributed by atoms with E-state index in [0.29, 0.717) is 0 Å². The van der Waals surface area contributed by atoms with Gasteiger partial charge in [-0.2, -0.15) is 0 Å². The first kappa shape index (κ1) is 8.85. The molecule has 0 bridgehead atoms. The molecule has 0 N–H and O–H groups in total. The van der Waals surface area contributed by atoms with Crippen molar-refractivity contribution in [2.75, 3.05) is 6.61 Å². The summed E-state index contributed by atoms with van der Waals surface area (Å²) in [6, 6.07) is 7.36. The molecule has 2 atom stereocenters. The van der Waals surface area contributed by atoms with Crippen LogP contribution < -0.4 is 4.74 Å². The lowest BCUT2D eigenvalue weighted by Gasteiger charge is -2.11. The number of halogens is 1. The van der Waals surface area contributed by atoms with Crippen LogP contribution in [0, 0.1) is 0 Å². The Bertz CT molecular complexity index is 279. The second kappa shape index (κ2) is 3.56. The molecule has 3 heteroatoms. The van der Waals surface area contributed by atoms with E-state index in [2.05, 4.69) is 0 Å². The predicted molar refractivity (Wildman–Crippen MR) is 51.3 cm³/mol. The van der Waals surface area contributed by atoms with Crippen LogP contribution in [0.25, 0.3) is 0 Å². The van der Waals surface area contributed by atoms with Gasteiger partial charge in [0, 0.05) is 5.02 Å². The molecule has 2 nitrogen and oxygen atoms in total. The summed E-state index contributed by atoms with van der Waals surface area (Å²) in [6.45, 7) is 2.82. The van der Waals surface area contributed by atoms with Gasteiger partial charge in [-0.25, -0.2) is 0 Å². The van der Waals surface area contributed by atoms with Gasteiger partial charge < -0.3 is 9.47 Å². The number of epoxide rings is 1. The van der Waals surface area contributed by atoms with Gasteiger partial charge >= 0.3 is 0 Å². The molecular formula is C10H11ClO2. The summed E-state index contributed by atoms with van der Waals surface area (Å²) in [5, 5.41) is 0.725. The zero-order valence-electron chi connectivity index (χ0n) is 7.37. The summed E-state index contributed by atoms with van der Waals surface area (Å²) in [6.07, 6.45) is 0.400. The number of benzene rings is 1. The quantitative estimate of drug-likeness (QED) is 0.697. The highest BCUT2D eigenvalue weighted by Crippen LogP contribution is 2.21. The van der Waals surface area contributed by atoms with Crippen LogP contribution in [0.4, 0.5) is 0 Å². The van der Waals surface area contributed by atoms with Crippen LogP contribution in [0.1, 0.15) is 6.92 Å². The first-order valence-electron chi connectivity index (χ1n) is 4.29. The minimum atomic E-state index is 0.126. The molecule has 0 amide bonds. The van der Waals surface area contributed by atoms with Gasteiger partial charge in [-0.1, -0.05) is 11.6 Å². The van der Waals surface area contributed by atoms with E-state index >= 15 is 0 Å². The Labute approximate surface area is 82.4 Å². The number of hydrogen-bond donors (Lipinski definition) is 0. The monoisotopic (exact) mass is 198 g/mol. The third-order valence-corrected chi connectivity index (χ3v) is 2.27. The molecule has 1 fully saturated rings. The van der Waals surface area contributed by atoms with Crippen molar-refractivity contribution in [1.29, 1.82) is 0 Å². The molecule has 0 saturated carbocycles. The van der Waals surface area contributed by atoms with Gasteiger partial charge in [0.15, 0.2) is 0 Å². The maximum atomic E-state index is 5.74. The van der Waals surface area contributed by atoms with Crippen LogP contribution in [-0.2, 0) is 4.74 Å². The standard InChI is InChI=1S/C10H11ClO2/c1-7(10-6-12-10)13-9-4-2-8(11)3-5-9/h2-5,7,10H,6H2,1H3/t7-,10-/m0/s1. The minimum absolute atomic E-state index is 0.126. The van der Waals surface area contributed by atoms with Gasteiger partial charge in [0.05, 0.1) is 6.61 Å². The molecule has 0 aliphatic carbocycles. The number of ether oxygens (including phenoxy) is 2. The summed E-state index contributed by atoms with van der Waals surface area (Å²) in [5.41, 5.74) is 0. The second-order valence-electron chi connectivity index (χ2n) is 3.15. The molecule has 70 valence electrons. The van der Waals surface area contributed by atoms with E-state index in [4.69, 9.17) is 21.1 Å². The van der Waals surface area contributed by atoms with E-state index in [-0.39, 0.29) is 12.2 Å². The molecule has 0 unspecified atom stereocenters. The van der Waals surface area contributed by atoms with Gasteiger partial charge in [0.25, 0.3) is 0 Å². The molecule has 1 saturated heterocycles. The molecule has 1 aromatic carbocycles. The number of hydrogen-bond acceptors (Lipinski definition) is 2. The van der Waals surface area contributed by atoms with Gasteiger partial charge in [0.2, 0.25) is 0 Å². The molecule has 2 rings (SSSR count). The van der Waals surface area contributed by atoms with E-state index in [0.717, 1.165) is 17.4 Å². The van der Waals surface area contributed by atoms with Crippen LogP contribution in [0.3, 0.4) is 0 Å². The Morgan fingerprint density at radius 1 is 1.46 bits per heavy atom. The molecule has 1 aliphatic rings. The van der Waals surface area contributed by atoms with Crippen molar-refractivity contribution in [2.45, 2.75) is 19.1 Å². The van der Waals surface area contributed by atoms with E-state index in [1.165, 1.54) is 0 Å². The van der Waals surface area contributed by atoms with Crippen molar-refractivity contribution >= 4 is 11.6 Å². The summed E-state index contributed by atoms with van der Waals surface area (Å²) < 4.78 is 10.7. The Hall–Kier alpha value is -0.730. The lowest BCUT2D eigenvalue weighted by atomic mass is 10.3. The normalized spacial score (nSPS) is 22.5. The molecule has 0 spiro atoms. The van der Waals surface area contributed by atoms with Crippen LogP contribution in [-0.4, -0.2) is 18.8 Å². The van der Waals surface area contributed by atoms with Gasteiger partial charge in [0.1, 0.15) is 18.0 Å². The third kappa shape index (κ3) is 2.36. The van der Waals surface area contributed by atoms with Crippen LogP contribution in [0.2, 0.25) is 5.02 Å². The first-order valence-corrected chi connectivity index (χ1v) is 4.67. The van der Waals surface area contributed by atoms with Crippen LogP contribution in [0.15, 0.2) is 24.3 Å². The van der Waals surface area contributed by atoms with E-state index < -0.39 is 0 Å². The Morgan fingerprint density at radius 2 is 2.08 bits per heavy atom. The zero-order chi connectivity index (χ0) is 9.26. The molecular weight excluding hydrogens is 188 g/mol. The average molecular weight is 199 g/mol. The maximum Gasteiger partial charge on any atom is 0.124 e. The van der Waals surface area contributed by atoms with Crippen molar-refractivity contribution in [3.63, 3.8) is 0 Å². The highest BCUT2D eigenvalue weighted by molar-refractivity contribution is 6.30. The molecule has 13 heavy (non-hydrogen) atoms. The lowest BCUT2D eigenvalue weighted by Crippen LogP contribution is -2.18. The lowest BCUT2D eigenvalue weighted by molar-refractivity contribution is 0.176. The molecule has 1 aliphatic heterocycles. The first-order chi connectivity index (χ1) is 6.25. The summed E-state index contributed by atoms with van der Waals surface area (Å²) in [4.78, 5) is 0. The zero-order valence-corrected chi connectivity index (χ0v) is 8.12. The summed E-state index contributed by atoms with van der Waals surface area (Å²) in [5.74, 6) is 0.840. The molecule has 0 aromatic heterocycles. The average Bonchev–Trinajstić information content (AvgIpc) is 2.91. The topological polar surface area (TPSA) is 21.8 Å². The van der Waals surface area contributed by atoms with Crippen molar-refractivity contribution in [3.05, 3.63) is 29.3 Å². The Balaban J connectivity index is 1.96. The largest absolute Gasteiger partial charge is 0.488 e. The highest BCUT2D eigenvalue weighted by atomic mass is 35.5. The fraction of sp³-hybridized carbons (Fsp3) is 0.400. The molecule has 0 radical (unpaired) electrons. The fourth-order valence-electron chi connectivity index (χ4n) is 1.13. The molecule has 1 heterocycles. The van der Waals surface area contributed by atoms with Crippen molar-refractivity contribution in [3.8, 4) is 5.75 Å². The third-order valence-electron chi connectivity index (χ3n) is 2.02. The smallest absolute Gasteiger partial charge is 0.124 e. The van der Waals surface area contributed by atoms with Crippen LogP contribution in [0.5, 0.6) is 5.75 Å². The Morgan fingerprint density at radius 3 is 2.62 bits per heavy atom. The summed E-state index contributed by atoms with van der Waals surface area (Å²) in [7, 11) is 0. The van der Waals surface area contributed by atoms with Gasteiger partial charge in [-0.3, -0.25) is 0 Å². The van der Waals surface area contributed by atoms with Gasteiger partial charge in [-0.05, 0) is 31.2 Å². The maximum absolute atomic E-state index is 5.74. The van der Waals surface area contributed by atoms with Crippen molar-refractivity contribution in [2.24, 2.45) is 0 Å². The van der Waals surface area contributed by atoms with Gasteiger partial charge in [-0.15, -0.1) is 0 Å². The van der Waals surface area contributed by atoms with Crippen LogP contribution >= 0.6 is 11.6 Å². The second-order valence-corrected chi connectivity index (χ2v) is 3.59. The minimum Gasteiger partial charge on any atom is -0.488 e. The predicted octanol–water partition coefficient (Wildman–Crippen LogP) is 2.51. The molecule has 1 aromatic rings. The highest BCUT2D eigenvalue weighted by Gasteiger charge is 2.30. The van der Waals surface area contributed by atoms with E-state index in [9.17, 15) is 0 Å². The summed E-state index contributed by atoms with van der Waals surface area (Å²) >= 11 is 5.74. The van der Waals surface area contributed by atoms with E-state index in [1.54, 1.807) is 0 Å². The fourth-order valence-corrected chi connectivity index (χ4v) is 1.26. The number of rotatable bonds is 3.